The standard InChI is InChI=1S/C11H16N2O/c1-8(2)13-11(6-7-12-13)10(5)14-9(3)4/h6-8H,3,5H2,1-2,4H3. The van der Waals surface area contributed by atoms with Gasteiger partial charge in [-0.05, 0) is 26.8 Å². The van der Waals surface area contributed by atoms with Crippen LogP contribution in [-0.4, -0.2) is 9.78 Å². The second kappa shape index (κ2) is 4.13. The third-order valence-corrected chi connectivity index (χ3v) is 1.74. The molecule has 1 aromatic rings. The van der Waals surface area contributed by atoms with E-state index in [2.05, 4.69) is 32.1 Å². The molecule has 76 valence electrons. The molecule has 0 saturated carbocycles. The first-order chi connectivity index (χ1) is 6.52. The van der Waals surface area contributed by atoms with Crippen LogP contribution < -0.4 is 0 Å². The average Bonchev–Trinajstić information content (AvgIpc) is 2.49. The van der Waals surface area contributed by atoms with Crippen molar-refractivity contribution in [2.24, 2.45) is 0 Å². The summed E-state index contributed by atoms with van der Waals surface area (Å²) >= 11 is 0. The van der Waals surface area contributed by atoms with E-state index in [9.17, 15) is 0 Å². The fourth-order valence-electron chi connectivity index (χ4n) is 1.21. The van der Waals surface area contributed by atoms with E-state index in [1.165, 1.54) is 0 Å². The van der Waals surface area contributed by atoms with Gasteiger partial charge in [-0.15, -0.1) is 0 Å². The average molecular weight is 192 g/mol. The minimum atomic E-state index is 0.297. The van der Waals surface area contributed by atoms with Crippen molar-refractivity contribution in [3.63, 3.8) is 0 Å². The van der Waals surface area contributed by atoms with Gasteiger partial charge in [-0.3, -0.25) is 4.68 Å². The molecule has 0 amide bonds. The van der Waals surface area contributed by atoms with E-state index in [0.29, 0.717) is 17.6 Å². The van der Waals surface area contributed by atoms with E-state index in [0.717, 1.165) is 5.69 Å². The maximum atomic E-state index is 5.34. The van der Waals surface area contributed by atoms with Gasteiger partial charge in [0.2, 0.25) is 0 Å². The van der Waals surface area contributed by atoms with Crippen LogP contribution in [0.1, 0.15) is 32.5 Å². The summed E-state index contributed by atoms with van der Waals surface area (Å²) in [6, 6.07) is 2.18. The monoisotopic (exact) mass is 192 g/mol. The first kappa shape index (κ1) is 10.6. The number of nitrogens with zero attached hydrogens (tertiary/aromatic N) is 2. The fourth-order valence-corrected chi connectivity index (χ4v) is 1.21. The Kier molecular flexibility index (Phi) is 3.12. The van der Waals surface area contributed by atoms with Crippen molar-refractivity contribution >= 4 is 5.76 Å². The molecule has 0 atom stereocenters. The van der Waals surface area contributed by atoms with Crippen molar-refractivity contribution in [2.75, 3.05) is 0 Å². The zero-order valence-electron chi connectivity index (χ0n) is 8.95. The van der Waals surface area contributed by atoms with Gasteiger partial charge in [0.05, 0.1) is 5.76 Å². The Balaban J connectivity index is 2.89. The predicted molar refractivity (Wildman–Crippen MR) is 57.5 cm³/mol. The smallest absolute Gasteiger partial charge is 0.145 e. The fraction of sp³-hybridized carbons (Fsp3) is 0.364. The molecule has 3 nitrogen and oxygen atoms in total. The highest BCUT2D eigenvalue weighted by molar-refractivity contribution is 5.54. The molecule has 1 rings (SSSR count). The lowest BCUT2D eigenvalue weighted by atomic mass is 10.3. The third kappa shape index (κ3) is 2.25. The Bertz CT molecular complexity index is 350. The lowest BCUT2D eigenvalue weighted by Gasteiger charge is -2.13. The Labute approximate surface area is 84.7 Å². The number of rotatable bonds is 4. The van der Waals surface area contributed by atoms with Crippen LogP contribution >= 0.6 is 0 Å². The second-order valence-electron chi connectivity index (χ2n) is 3.48. The largest absolute Gasteiger partial charge is 0.461 e. The van der Waals surface area contributed by atoms with Gasteiger partial charge in [-0.1, -0.05) is 13.2 Å². The van der Waals surface area contributed by atoms with Gasteiger partial charge in [0.15, 0.2) is 0 Å². The van der Waals surface area contributed by atoms with E-state index < -0.39 is 0 Å². The van der Waals surface area contributed by atoms with Crippen molar-refractivity contribution in [2.45, 2.75) is 26.8 Å². The Morgan fingerprint density at radius 3 is 2.64 bits per heavy atom. The molecule has 0 aliphatic heterocycles. The molecule has 0 radical (unpaired) electrons. The molecule has 0 bridgehead atoms. The van der Waals surface area contributed by atoms with Crippen LogP contribution in [-0.2, 0) is 4.74 Å². The minimum Gasteiger partial charge on any atom is -0.461 e. The highest BCUT2D eigenvalue weighted by atomic mass is 16.5. The molecule has 0 N–H and O–H groups in total. The van der Waals surface area contributed by atoms with Crippen molar-refractivity contribution in [1.29, 1.82) is 0 Å². The maximum Gasteiger partial charge on any atom is 0.145 e. The van der Waals surface area contributed by atoms with Gasteiger partial charge in [-0.25, -0.2) is 0 Å². The number of allylic oxidation sites excluding steroid dienone is 1. The molecule has 3 heteroatoms. The summed E-state index contributed by atoms with van der Waals surface area (Å²) in [6.07, 6.45) is 1.74. The van der Waals surface area contributed by atoms with Gasteiger partial charge in [0.1, 0.15) is 11.5 Å². The van der Waals surface area contributed by atoms with Crippen LogP contribution in [0.3, 0.4) is 0 Å². The molecule has 14 heavy (non-hydrogen) atoms. The molecule has 0 aliphatic rings. The van der Waals surface area contributed by atoms with Crippen LogP contribution in [0.15, 0.2) is 31.2 Å². The molecule has 0 aliphatic carbocycles. The van der Waals surface area contributed by atoms with Gasteiger partial charge in [0.25, 0.3) is 0 Å². The molecule has 0 spiro atoms. The van der Waals surface area contributed by atoms with Crippen molar-refractivity contribution in [1.82, 2.24) is 9.78 Å². The molecule has 1 heterocycles. The van der Waals surface area contributed by atoms with E-state index in [-0.39, 0.29) is 0 Å². The highest BCUT2D eigenvalue weighted by Gasteiger charge is 2.09. The summed E-state index contributed by atoms with van der Waals surface area (Å²) in [5, 5.41) is 4.19. The van der Waals surface area contributed by atoms with Crippen LogP contribution in [0.25, 0.3) is 5.76 Å². The Hall–Kier alpha value is -1.51. The molecule has 0 saturated heterocycles. The van der Waals surface area contributed by atoms with E-state index in [4.69, 9.17) is 4.74 Å². The van der Waals surface area contributed by atoms with E-state index in [1.807, 2.05) is 10.7 Å². The van der Waals surface area contributed by atoms with Crippen molar-refractivity contribution in [3.8, 4) is 0 Å². The number of ether oxygens (including phenoxy) is 1. The Morgan fingerprint density at radius 1 is 1.50 bits per heavy atom. The summed E-state index contributed by atoms with van der Waals surface area (Å²) in [5.74, 6) is 1.22. The zero-order chi connectivity index (χ0) is 10.7. The number of aromatic nitrogens is 2. The lowest BCUT2D eigenvalue weighted by Crippen LogP contribution is -2.07. The lowest BCUT2D eigenvalue weighted by molar-refractivity contribution is 0.378. The molecular formula is C11H16N2O. The van der Waals surface area contributed by atoms with Gasteiger partial charge < -0.3 is 4.74 Å². The van der Waals surface area contributed by atoms with Gasteiger partial charge in [-0.2, -0.15) is 5.10 Å². The quantitative estimate of drug-likeness (QED) is 0.686. The SMILES string of the molecule is C=C(C)OC(=C)c1ccnn1C(C)C. The summed E-state index contributed by atoms with van der Waals surface area (Å²) < 4.78 is 7.20. The van der Waals surface area contributed by atoms with Crippen LogP contribution in [0.2, 0.25) is 0 Å². The van der Waals surface area contributed by atoms with Gasteiger partial charge in [0, 0.05) is 12.2 Å². The summed E-state index contributed by atoms with van der Waals surface area (Å²) in [6.45, 7) is 13.4. The molecule has 0 fully saturated rings. The zero-order valence-corrected chi connectivity index (χ0v) is 8.95. The normalized spacial score (nSPS) is 10.3. The first-order valence-electron chi connectivity index (χ1n) is 4.58. The van der Waals surface area contributed by atoms with Gasteiger partial charge >= 0.3 is 0 Å². The number of hydrogen-bond donors (Lipinski definition) is 0. The van der Waals surface area contributed by atoms with Crippen LogP contribution in [0.4, 0.5) is 0 Å². The predicted octanol–water partition coefficient (Wildman–Crippen LogP) is 2.98. The third-order valence-electron chi connectivity index (χ3n) is 1.74. The first-order valence-corrected chi connectivity index (χ1v) is 4.58. The molecular weight excluding hydrogens is 176 g/mol. The highest BCUT2D eigenvalue weighted by Crippen LogP contribution is 2.18. The van der Waals surface area contributed by atoms with Crippen LogP contribution in [0, 0.1) is 0 Å². The Morgan fingerprint density at radius 2 is 2.14 bits per heavy atom. The summed E-state index contributed by atoms with van der Waals surface area (Å²) in [5.41, 5.74) is 0.892. The minimum absolute atomic E-state index is 0.297. The molecule has 0 unspecified atom stereocenters. The molecule has 0 aromatic carbocycles. The van der Waals surface area contributed by atoms with E-state index >= 15 is 0 Å². The summed E-state index contributed by atoms with van der Waals surface area (Å²) in [4.78, 5) is 0. The van der Waals surface area contributed by atoms with E-state index in [1.54, 1.807) is 13.1 Å². The topological polar surface area (TPSA) is 27.1 Å². The number of hydrogen-bond acceptors (Lipinski definition) is 2. The van der Waals surface area contributed by atoms with Crippen LogP contribution in [0.5, 0.6) is 0 Å². The maximum absolute atomic E-state index is 5.34. The van der Waals surface area contributed by atoms with Crippen molar-refractivity contribution < 1.29 is 4.74 Å². The summed E-state index contributed by atoms with van der Waals surface area (Å²) in [7, 11) is 0. The second-order valence-corrected chi connectivity index (χ2v) is 3.48. The molecule has 1 aromatic heterocycles. The van der Waals surface area contributed by atoms with Crippen molar-refractivity contribution in [3.05, 3.63) is 36.9 Å².